The van der Waals surface area contributed by atoms with E-state index < -0.39 is 0 Å². The molecular weight excluding hydrogens is 407 g/mol. The lowest BCUT2D eigenvalue weighted by Gasteiger charge is -2.39. The minimum atomic E-state index is -0.384. The highest BCUT2D eigenvalue weighted by molar-refractivity contribution is 5.85. The Balaban J connectivity index is 1.60. The Kier molecular flexibility index (Phi) is 4.21. The molecule has 0 saturated carbocycles. The number of nitrogens with zero attached hydrogens (tertiary/aromatic N) is 3. The van der Waals surface area contributed by atoms with Gasteiger partial charge in [0.05, 0.1) is 12.8 Å². The quantitative estimate of drug-likeness (QED) is 0.500. The summed E-state index contributed by atoms with van der Waals surface area (Å²) in [4.78, 5) is 4.41. The van der Waals surface area contributed by atoms with Crippen LogP contribution in [0.4, 0.5) is 10.3 Å². The third-order valence-corrected chi connectivity index (χ3v) is 5.93. The maximum absolute atomic E-state index is 13.7. The normalized spacial score (nSPS) is 18.7. The van der Waals surface area contributed by atoms with Gasteiger partial charge in [0.1, 0.15) is 35.8 Å². The summed E-state index contributed by atoms with van der Waals surface area (Å²) in [5.41, 5.74) is 4.74. The van der Waals surface area contributed by atoms with Crippen molar-refractivity contribution in [3.05, 3.63) is 107 Å². The van der Waals surface area contributed by atoms with Crippen molar-refractivity contribution in [3.8, 4) is 11.5 Å². The van der Waals surface area contributed by atoms with E-state index in [0.29, 0.717) is 5.95 Å². The van der Waals surface area contributed by atoms with Gasteiger partial charge in [-0.3, -0.25) is 0 Å². The van der Waals surface area contributed by atoms with Crippen LogP contribution < -0.4 is 14.8 Å². The number of ether oxygens (including phenoxy) is 2. The lowest BCUT2D eigenvalue weighted by Crippen LogP contribution is -2.32. The number of nitrogens with one attached hydrogen (secondary N) is 1. The molecule has 0 unspecified atom stereocenters. The van der Waals surface area contributed by atoms with Gasteiger partial charge < -0.3 is 14.8 Å². The minimum absolute atomic E-state index is 0.285. The van der Waals surface area contributed by atoms with Crippen molar-refractivity contribution < 1.29 is 13.9 Å². The van der Waals surface area contributed by atoms with E-state index in [9.17, 15) is 4.39 Å². The second kappa shape index (κ2) is 7.23. The Labute approximate surface area is 183 Å². The molecular formula is C25H19FN4O2. The Bertz CT molecular complexity index is 1330. The molecule has 0 spiro atoms. The van der Waals surface area contributed by atoms with E-state index in [0.717, 1.165) is 39.5 Å². The van der Waals surface area contributed by atoms with Crippen molar-refractivity contribution >= 4 is 11.6 Å². The summed E-state index contributed by atoms with van der Waals surface area (Å²) in [5, 5.41) is 7.94. The van der Waals surface area contributed by atoms with Crippen LogP contribution in [0.1, 0.15) is 28.8 Å². The molecule has 0 bridgehead atoms. The number of hydrogen-bond donors (Lipinski definition) is 1. The number of anilines is 1. The number of fused-ring (bicyclic) bond motifs is 3. The molecule has 2 aliphatic heterocycles. The van der Waals surface area contributed by atoms with Crippen LogP contribution in [-0.4, -0.2) is 21.9 Å². The lowest BCUT2D eigenvalue weighted by molar-refractivity contribution is 0.223. The molecule has 2 aliphatic rings. The van der Waals surface area contributed by atoms with E-state index in [2.05, 4.69) is 15.4 Å². The molecule has 6 nitrogen and oxygen atoms in total. The largest absolute Gasteiger partial charge is 0.497 e. The van der Waals surface area contributed by atoms with E-state index in [1.165, 1.54) is 18.5 Å². The summed E-state index contributed by atoms with van der Waals surface area (Å²) in [6.07, 6.45) is 1.14. The highest BCUT2D eigenvalue weighted by Gasteiger charge is 2.40. The fraction of sp³-hybridized carbons (Fsp3) is 0.120. The summed E-state index contributed by atoms with van der Waals surface area (Å²) >= 11 is 0. The van der Waals surface area contributed by atoms with Gasteiger partial charge in [0.25, 0.3) is 0 Å². The molecule has 1 N–H and O–H groups in total. The van der Waals surface area contributed by atoms with Crippen LogP contribution in [-0.2, 0) is 0 Å². The van der Waals surface area contributed by atoms with Gasteiger partial charge in [-0.15, -0.1) is 0 Å². The molecule has 4 aromatic rings. The van der Waals surface area contributed by atoms with Gasteiger partial charge in [-0.2, -0.15) is 10.1 Å². The number of rotatable bonds is 3. The molecule has 0 radical (unpaired) electrons. The first-order valence-corrected chi connectivity index (χ1v) is 10.3. The van der Waals surface area contributed by atoms with Crippen LogP contribution in [0.2, 0.25) is 0 Å². The summed E-state index contributed by atoms with van der Waals surface area (Å²) in [6.45, 7) is 0. The average Bonchev–Trinajstić information content (AvgIpc) is 3.31. The molecule has 158 valence electrons. The van der Waals surface area contributed by atoms with Crippen molar-refractivity contribution in [1.82, 2.24) is 14.8 Å². The van der Waals surface area contributed by atoms with Crippen LogP contribution in [0.3, 0.4) is 0 Å². The molecule has 3 aromatic carbocycles. The fourth-order valence-electron chi connectivity index (χ4n) is 4.44. The first kappa shape index (κ1) is 18.6. The topological polar surface area (TPSA) is 61.2 Å². The molecule has 0 amide bonds. The Morgan fingerprint density at radius 3 is 2.50 bits per heavy atom. The number of halogens is 1. The van der Waals surface area contributed by atoms with Gasteiger partial charge in [0.2, 0.25) is 5.95 Å². The zero-order valence-corrected chi connectivity index (χ0v) is 17.2. The van der Waals surface area contributed by atoms with Crippen molar-refractivity contribution in [3.63, 3.8) is 0 Å². The Hall–Kier alpha value is -4.13. The van der Waals surface area contributed by atoms with E-state index in [4.69, 9.17) is 9.47 Å². The predicted molar refractivity (Wildman–Crippen MR) is 118 cm³/mol. The highest BCUT2D eigenvalue weighted by atomic mass is 19.1. The van der Waals surface area contributed by atoms with Crippen LogP contribution >= 0.6 is 0 Å². The molecule has 3 heterocycles. The Morgan fingerprint density at radius 2 is 1.72 bits per heavy atom. The number of aromatic nitrogens is 3. The third-order valence-electron chi connectivity index (χ3n) is 5.93. The molecule has 1 aromatic heterocycles. The average molecular weight is 426 g/mol. The lowest BCUT2D eigenvalue weighted by atomic mass is 9.84. The highest BCUT2D eigenvalue weighted by Crippen LogP contribution is 2.50. The second-order valence-electron chi connectivity index (χ2n) is 7.70. The molecule has 2 atom stereocenters. The summed E-state index contributed by atoms with van der Waals surface area (Å²) in [7, 11) is 1.64. The molecule has 0 saturated heterocycles. The monoisotopic (exact) mass is 426 g/mol. The zero-order valence-electron chi connectivity index (χ0n) is 17.2. The van der Waals surface area contributed by atoms with Crippen LogP contribution in [0.15, 0.2) is 84.7 Å². The number of benzene rings is 3. The first-order chi connectivity index (χ1) is 15.7. The molecule has 0 aliphatic carbocycles. The molecule has 0 fully saturated rings. The smallest absolute Gasteiger partial charge is 0.226 e. The van der Waals surface area contributed by atoms with Gasteiger partial charge in [0, 0.05) is 11.1 Å². The predicted octanol–water partition coefficient (Wildman–Crippen LogP) is 4.99. The third kappa shape index (κ3) is 2.85. The van der Waals surface area contributed by atoms with Gasteiger partial charge in [0.15, 0.2) is 0 Å². The minimum Gasteiger partial charge on any atom is -0.497 e. The SMILES string of the molecule is COc1ccc([C@@H]2Oc3ccccc3C3=C2[C@@H](c2ccc(F)cc2)n2ncnc2N3)cc1. The van der Waals surface area contributed by atoms with Crippen molar-refractivity contribution in [2.75, 3.05) is 12.4 Å². The summed E-state index contributed by atoms with van der Waals surface area (Å²) in [5.74, 6) is 1.90. The zero-order chi connectivity index (χ0) is 21.7. The van der Waals surface area contributed by atoms with Gasteiger partial charge >= 0.3 is 0 Å². The van der Waals surface area contributed by atoms with E-state index >= 15 is 0 Å². The maximum atomic E-state index is 13.7. The second-order valence-corrected chi connectivity index (χ2v) is 7.70. The summed E-state index contributed by atoms with van der Waals surface area (Å²) in [6, 6.07) is 22.0. The standard InChI is InChI=1S/C25H19FN4O2/c1-31-18-12-8-16(9-13-18)24-21-22(19-4-2-3-5-20(19)32-24)29-25-27-14-28-30(25)23(21)15-6-10-17(26)11-7-15/h2-14,23-24H,1H3,(H,27,28,29)/t23-,24+/m1/s1. The van der Waals surface area contributed by atoms with E-state index in [1.54, 1.807) is 19.2 Å². The van der Waals surface area contributed by atoms with E-state index in [-0.39, 0.29) is 18.0 Å². The first-order valence-electron chi connectivity index (χ1n) is 10.3. The number of methoxy groups -OCH3 is 1. The molecule has 6 rings (SSSR count). The van der Waals surface area contributed by atoms with Gasteiger partial charge in [-0.25, -0.2) is 9.07 Å². The maximum Gasteiger partial charge on any atom is 0.226 e. The van der Waals surface area contributed by atoms with Crippen molar-refractivity contribution in [2.24, 2.45) is 0 Å². The van der Waals surface area contributed by atoms with Crippen LogP contribution in [0.25, 0.3) is 5.70 Å². The molecule has 7 heteroatoms. The molecule has 32 heavy (non-hydrogen) atoms. The van der Waals surface area contributed by atoms with Crippen molar-refractivity contribution in [1.29, 1.82) is 0 Å². The number of para-hydroxylation sites is 1. The van der Waals surface area contributed by atoms with E-state index in [1.807, 2.05) is 53.2 Å². The van der Waals surface area contributed by atoms with Gasteiger partial charge in [-0.05, 0) is 47.5 Å². The van der Waals surface area contributed by atoms with Crippen molar-refractivity contribution in [2.45, 2.75) is 12.1 Å². The summed E-state index contributed by atoms with van der Waals surface area (Å²) < 4.78 is 27.4. The van der Waals surface area contributed by atoms with Crippen LogP contribution in [0.5, 0.6) is 11.5 Å². The Morgan fingerprint density at radius 1 is 0.969 bits per heavy atom. The van der Waals surface area contributed by atoms with Gasteiger partial charge in [-0.1, -0.05) is 36.4 Å². The van der Waals surface area contributed by atoms with Crippen LogP contribution in [0, 0.1) is 5.82 Å². The fourth-order valence-corrected chi connectivity index (χ4v) is 4.44. The number of hydrogen-bond acceptors (Lipinski definition) is 5.